The normalized spacial score (nSPS) is 14.8. The zero-order chi connectivity index (χ0) is 21.3. The number of carboxylic acid groups (broad SMARTS) is 1. The van der Waals surface area contributed by atoms with E-state index in [0.717, 1.165) is 24.1 Å². The summed E-state index contributed by atoms with van der Waals surface area (Å²) < 4.78 is 1.80. The average molecular weight is 406 g/mol. The molecule has 0 aliphatic heterocycles. The van der Waals surface area contributed by atoms with Gasteiger partial charge in [-0.2, -0.15) is 5.10 Å². The number of hydrogen-bond donors (Lipinski definition) is 2. The van der Waals surface area contributed by atoms with Crippen molar-refractivity contribution < 1.29 is 14.7 Å². The molecule has 156 valence electrons. The summed E-state index contributed by atoms with van der Waals surface area (Å²) in [5.74, 6) is -0.910. The van der Waals surface area contributed by atoms with Gasteiger partial charge in [-0.25, -0.2) is 14.5 Å². The zero-order valence-corrected chi connectivity index (χ0v) is 17.2. The summed E-state index contributed by atoms with van der Waals surface area (Å²) in [4.78, 5) is 29.5. The van der Waals surface area contributed by atoms with Crippen LogP contribution in [0.1, 0.15) is 60.6 Å². The van der Waals surface area contributed by atoms with Crippen molar-refractivity contribution in [1.82, 2.24) is 20.1 Å². The number of carbonyl (C=O) groups excluding carboxylic acids is 1. The lowest BCUT2D eigenvalue weighted by molar-refractivity contribution is -0.139. The molecule has 1 saturated carbocycles. The minimum atomic E-state index is -1.02. The number of nitrogens with one attached hydrogen (secondary N) is 1. The molecule has 2 N–H and O–H groups in total. The lowest BCUT2D eigenvalue weighted by atomic mass is 10.0. The number of aromatic nitrogens is 3. The van der Waals surface area contributed by atoms with E-state index in [4.69, 9.17) is 4.98 Å². The van der Waals surface area contributed by atoms with Crippen LogP contribution in [0.15, 0.2) is 42.6 Å². The number of hydrogen-bond acceptors (Lipinski definition) is 4. The van der Waals surface area contributed by atoms with Crippen molar-refractivity contribution in [3.8, 4) is 0 Å². The molecule has 0 spiro atoms. The van der Waals surface area contributed by atoms with Crippen LogP contribution in [-0.2, 0) is 11.3 Å². The Morgan fingerprint density at radius 1 is 1.23 bits per heavy atom. The predicted molar refractivity (Wildman–Crippen MR) is 113 cm³/mol. The molecule has 1 amide bonds. The summed E-state index contributed by atoms with van der Waals surface area (Å²) in [6, 6.07) is 10.8. The molecule has 0 bridgehead atoms. The fourth-order valence-electron chi connectivity index (χ4n) is 3.64. The molecule has 0 radical (unpaired) electrons. The molecule has 1 aliphatic rings. The molecule has 1 aromatic carbocycles. The third-order valence-corrected chi connectivity index (χ3v) is 5.35. The van der Waals surface area contributed by atoms with E-state index in [1.54, 1.807) is 16.9 Å². The van der Waals surface area contributed by atoms with Gasteiger partial charge in [-0.05, 0) is 36.8 Å². The molecule has 1 fully saturated rings. The Labute approximate surface area is 175 Å². The SMILES string of the molecule is CC(C)C[C@H](NC(=O)c1cc(C2CC2)nc2c1cnn2Cc1ccccc1)C(=O)O. The third kappa shape index (κ3) is 4.35. The Morgan fingerprint density at radius 2 is 1.97 bits per heavy atom. The van der Waals surface area contributed by atoms with Gasteiger partial charge in [-0.3, -0.25) is 4.79 Å². The van der Waals surface area contributed by atoms with Crippen LogP contribution in [-0.4, -0.2) is 37.8 Å². The number of pyridine rings is 1. The van der Waals surface area contributed by atoms with Crippen molar-refractivity contribution in [2.45, 2.75) is 51.6 Å². The Morgan fingerprint density at radius 3 is 2.60 bits per heavy atom. The molecule has 1 atom stereocenters. The molecular formula is C23H26N4O3. The van der Waals surface area contributed by atoms with Gasteiger partial charge in [0.2, 0.25) is 0 Å². The quantitative estimate of drug-likeness (QED) is 0.596. The molecule has 2 aromatic heterocycles. The lowest BCUT2D eigenvalue weighted by Gasteiger charge is -2.17. The molecule has 2 heterocycles. The second kappa shape index (κ2) is 8.26. The fraction of sp³-hybridized carbons (Fsp3) is 0.391. The topological polar surface area (TPSA) is 97.1 Å². The van der Waals surface area contributed by atoms with E-state index in [1.807, 2.05) is 44.2 Å². The first-order valence-electron chi connectivity index (χ1n) is 10.4. The highest BCUT2D eigenvalue weighted by molar-refractivity contribution is 6.06. The smallest absolute Gasteiger partial charge is 0.326 e. The van der Waals surface area contributed by atoms with Gasteiger partial charge < -0.3 is 10.4 Å². The van der Waals surface area contributed by atoms with Crippen molar-refractivity contribution in [2.24, 2.45) is 5.92 Å². The highest BCUT2D eigenvalue weighted by Crippen LogP contribution is 2.40. The van der Waals surface area contributed by atoms with E-state index in [1.165, 1.54) is 0 Å². The van der Waals surface area contributed by atoms with Crippen LogP contribution in [0.5, 0.6) is 0 Å². The van der Waals surface area contributed by atoms with Crippen molar-refractivity contribution in [1.29, 1.82) is 0 Å². The van der Waals surface area contributed by atoms with Gasteiger partial charge in [0, 0.05) is 11.6 Å². The Kier molecular flexibility index (Phi) is 5.53. The molecule has 7 nitrogen and oxygen atoms in total. The summed E-state index contributed by atoms with van der Waals surface area (Å²) in [6.07, 6.45) is 4.13. The number of benzene rings is 1. The maximum absolute atomic E-state index is 13.1. The van der Waals surface area contributed by atoms with Gasteiger partial charge in [0.25, 0.3) is 5.91 Å². The standard InChI is InChI=1S/C23H26N4O3/c1-14(2)10-20(23(29)30)26-22(28)17-11-19(16-8-9-16)25-21-18(17)12-24-27(21)13-15-6-4-3-5-7-15/h3-7,11-12,14,16,20H,8-10,13H2,1-2H3,(H,26,28)(H,29,30)/t20-/m0/s1. The van der Waals surface area contributed by atoms with Gasteiger partial charge in [-0.1, -0.05) is 44.2 Å². The van der Waals surface area contributed by atoms with Crippen LogP contribution in [0.25, 0.3) is 11.0 Å². The molecular weight excluding hydrogens is 380 g/mol. The van der Waals surface area contributed by atoms with Gasteiger partial charge in [0.1, 0.15) is 6.04 Å². The van der Waals surface area contributed by atoms with Gasteiger partial charge in [0.15, 0.2) is 5.65 Å². The highest BCUT2D eigenvalue weighted by Gasteiger charge is 2.29. The van der Waals surface area contributed by atoms with Crippen molar-refractivity contribution in [3.63, 3.8) is 0 Å². The lowest BCUT2D eigenvalue weighted by Crippen LogP contribution is -2.41. The number of nitrogens with zero attached hydrogens (tertiary/aromatic N) is 3. The first kappa shape index (κ1) is 20.1. The van der Waals surface area contributed by atoms with E-state index in [2.05, 4.69) is 10.4 Å². The maximum atomic E-state index is 13.1. The summed E-state index contributed by atoms with van der Waals surface area (Å²) in [7, 11) is 0. The molecule has 0 saturated heterocycles. The van der Waals surface area contributed by atoms with Crippen LogP contribution in [0.2, 0.25) is 0 Å². The van der Waals surface area contributed by atoms with E-state index >= 15 is 0 Å². The van der Waals surface area contributed by atoms with E-state index in [9.17, 15) is 14.7 Å². The van der Waals surface area contributed by atoms with E-state index in [-0.39, 0.29) is 5.92 Å². The van der Waals surface area contributed by atoms with Crippen LogP contribution in [0.3, 0.4) is 0 Å². The van der Waals surface area contributed by atoms with Crippen molar-refractivity contribution in [2.75, 3.05) is 0 Å². The first-order chi connectivity index (χ1) is 14.4. The van der Waals surface area contributed by atoms with Gasteiger partial charge in [0.05, 0.1) is 23.7 Å². The van der Waals surface area contributed by atoms with Crippen LogP contribution < -0.4 is 5.32 Å². The van der Waals surface area contributed by atoms with E-state index < -0.39 is 17.9 Å². The predicted octanol–water partition coefficient (Wildman–Crippen LogP) is 3.59. The second-order valence-electron chi connectivity index (χ2n) is 8.39. The monoisotopic (exact) mass is 406 g/mol. The molecule has 4 rings (SSSR count). The number of fused-ring (bicyclic) bond motifs is 1. The highest BCUT2D eigenvalue weighted by atomic mass is 16.4. The minimum Gasteiger partial charge on any atom is -0.480 e. The Hall–Kier alpha value is -3.22. The maximum Gasteiger partial charge on any atom is 0.326 e. The summed E-state index contributed by atoms with van der Waals surface area (Å²) in [5, 5.41) is 17.3. The fourth-order valence-corrected chi connectivity index (χ4v) is 3.64. The number of rotatable bonds is 8. The van der Waals surface area contributed by atoms with Crippen molar-refractivity contribution in [3.05, 3.63) is 59.4 Å². The number of carboxylic acids is 1. The van der Waals surface area contributed by atoms with Crippen LogP contribution in [0, 0.1) is 5.92 Å². The Balaban J connectivity index is 1.70. The molecule has 1 aliphatic carbocycles. The zero-order valence-electron chi connectivity index (χ0n) is 17.2. The molecule has 7 heteroatoms. The van der Waals surface area contributed by atoms with Crippen LogP contribution >= 0.6 is 0 Å². The summed E-state index contributed by atoms with van der Waals surface area (Å²) in [5.41, 5.74) is 3.06. The minimum absolute atomic E-state index is 0.152. The summed E-state index contributed by atoms with van der Waals surface area (Å²) >= 11 is 0. The first-order valence-corrected chi connectivity index (χ1v) is 10.4. The Bertz CT molecular complexity index is 1070. The van der Waals surface area contributed by atoms with E-state index in [0.29, 0.717) is 35.5 Å². The molecule has 0 unspecified atom stereocenters. The second-order valence-corrected chi connectivity index (χ2v) is 8.39. The number of amides is 1. The third-order valence-electron chi connectivity index (χ3n) is 5.35. The number of aliphatic carboxylic acids is 1. The van der Waals surface area contributed by atoms with Crippen LogP contribution in [0.4, 0.5) is 0 Å². The van der Waals surface area contributed by atoms with Crippen molar-refractivity contribution >= 4 is 22.9 Å². The van der Waals surface area contributed by atoms with Gasteiger partial charge in [-0.15, -0.1) is 0 Å². The average Bonchev–Trinajstić information content (AvgIpc) is 3.49. The van der Waals surface area contributed by atoms with Gasteiger partial charge >= 0.3 is 5.97 Å². The summed E-state index contributed by atoms with van der Waals surface area (Å²) in [6.45, 7) is 4.43. The largest absolute Gasteiger partial charge is 0.480 e. The molecule has 30 heavy (non-hydrogen) atoms. The molecule has 3 aromatic rings. The number of carbonyl (C=O) groups is 2.